The minimum Gasteiger partial charge on any atom is -0.497 e. The van der Waals surface area contributed by atoms with Gasteiger partial charge in [0.05, 0.1) is 32.4 Å². The molecule has 0 saturated heterocycles. The molecule has 7 nitrogen and oxygen atoms in total. The summed E-state index contributed by atoms with van der Waals surface area (Å²) < 4.78 is 10.5. The highest BCUT2D eigenvalue weighted by Crippen LogP contribution is 2.21. The van der Waals surface area contributed by atoms with Crippen LogP contribution in [0.5, 0.6) is 11.5 Å². The van der Waals surface area contributed by atoms with Crippen LogP contribution in [0.3, 0.4) is 0 Å². The first-order valence-corrected chi connectivity index (χ1v) is 9.55. The molecule has 0 aromatic heterocycles. The number of guanidine groups is 1. The molecule has 0 bridgehead atoms. The molecule has 0 fully saturated rings. The van der Waals surface area contributed by atoms with Crippen LogP contribution >= 0.6 is 0 Å². The third kappa shape index (κ3) is 5.34. The molecule has 1 amide bonds. The molecule has 1 atom stereocenters. The topological polar surface area (TPSA) is 95.8 Å². The van der Waals surface area contributed by atoms with Crippen LogP contribution in [0, 0.1) is 11.3 Å². The first-order chi connectivity index (χ1) is 14.1. The van der Waals surface area contributed by atoms with Crippen LogP contribution < -0.4 is 20.1 Å². The lowest BCUT2D eigenvalue weighted by Crippen LogP contribution is -2.43. The average molecular weight is 394 g/mol. The van der Waals surface area contributed by atoms with E-state index in [4.69, 9.17) is 14.9 Å². The minimum atomic E-state index is -0.611. The Morgan fingerprint density at radius 3 is 2.59 bits per heavy atom. The molecule has 1 heterocycles. The lowest BCUT2D eigenvalue weighted by atomic mass is 9.90. The van der Waals surface area contributed by atoms with E-state index in [9.17, 15) is 4.79 Å². The predicted octanol–water partition coefficient (Wildman–Crippen LogP) is 2.40. The molecule has 0 aliphatic carbocycles. The number of hydrogen-bond acceptors (Lipinski definition) is 6. The third-order valence-corrected chi connectivity index (χ3v) is 4.84. The molecule has 1 unspecified atom stereocenters. The van der Waals surface area contributed by atoms with Crippen molar-refractivity contribution in [3.8, 4) is 11.5 Å². The van der Waals surface area contributed by atoms with Gasteiger partial charge in [-0.25, -0.2) is 0 Å². The van der Waals surface area contributed by atoms with E-state index in [0.29, 0.717) is 43.2 Å². The van der Waals surface area contributed by atoms with E-state index in [-0.39, 0.29) is 11.6 Å². The lowest BCUT2D eigenvalue weighted by molar-refractivity contribution is -0.121. The number of hydrogen-bond donors (Lipinski definition) is 3. The van der Waals surface area contributed by atoms with Crippen LogP contribution in [0.2, 0.25) is 0 Å². The van der Waals surface area contributed by atoms with Crippen LogP contribution in [-0.2, 0) is 11.2 Å². The highest BCUT2D eigenvalue weighted by molar-refractivity contribution is 6.14. The fraction of sp³-hybridized carbons (Fsp3) is 0.318. The number of amides is 1. The predicted molar refractivity (Wildman–Crippen MR) is 113 cm³/mol. The van der Waals surface area contributed by atoms with Gasteiger partial charge in [-0.3, -0.25) is 15.1 Å². The van der Waals surface area contributed by atoms with Gasteiger partial charge < -0.3 is 20.2 Å². The third-order valence-electron chi connectivity index (χ3n) is 4.84. The molecule has 29 heavy (non-hydrogen) atoms. The molecule has 0 spiro atoms. The molecule has 7 heteroatoms. The van der Waals surface area contributed by atoms with E-state index in [1.807, 2.05) is 24.3 Å². The summed E-state index contributed by atoms with van der Waals surface area (Å²) in [5.41, 5.74) is 2.02. The van der Waals surface area contributed by atoms with Gasteiger partial charge >= 0.3 is 0 Å². The zero-order chi connectivity index (χ0) is 20.6. The van der Waals surface area contributed by atoms with Crippen molar-refractivity contribution in [3.63, 3.8) is 0 Å². The quantitative estimate of drug-likeness (QED) is 0.599. The Morgan fingerprint density at radius 2 is 1.93 bits per heavy atom. The number of benzene rings is 2. The lowest BCUT2D eigenvalue weighted by Gasteiger charge is -2.19. The number of aliphatic imine (C=N–C) groups is 1. The van der Waals surface area contributed by atoms with E-state index >= 15 is 0 Å². The van der Waals surface area contributed by atoms with Gasteiger partial charge in [-0.2, -0.15) is 0 Å². The summed E-state index contributed by atoms with van der Waals surface area (Å²) in [5.74, 6) is 1.12. The molecule has 0 radical (unpaired) electrons. The summed E-state index contributed by atoms with van der Waals surface area (Å²) in [6, 6.07) is 15.0. The van der Waals surface area contributed by atoms with Crippen molar-refractivity contribution in [3.05, 3.63) is 59.7 Å². The molecular weight excluding hydrogens is 368 g/mol. The number of carbonyl (C=O) groups is 1. The summed E-state index contributed by atoms with van der Waals surface area (Å²) in [4.78, 5) is 17.2. The van der Waals surface area contributed by atoms with Crippen molar-refractivity contribution in [2.24, 2.45) is 10.9 Å². The van der Waals surface area contributed by atoms with Crippen molar-refractivity contribution in [2.45, 2.75) is 12.8 Å². The number of carbonyl (C=O) groups excluding carboxylic acids is 1. The zero-order valence-electron chi connectivity index (χ0n) is 16.7. The second-order valence-electron chi connectivity index (χ2n) is 6.73. The number of aryl methyl sites for hydroxylation is 1. The molecule has 3 rings (SSSR count). The number of nitrogens with zero attached hydrogens (tertiary/aromatic N) is 1. The Hall–Kier alpha value is -3.35. The number of methoxy groups -OCH3 is 2. The van der Waals surface area contributed by atoms with Gasteiger partial charge in [0.25, 0.3) is 0 Å². The van der Waals surface area contributed by atoms with Crippen molar-refractivity contribution in [2.75, 3.05) is 27.3 Å². The van der Waals surface area contributed by atoms with E-state index in [1.165, 1.54) is 0 Å². The normalized spacial score (nSPS) is 13.8. The standard InChI is InChI=1S/C22H26N4O3/c1-28-17-9-7-16(8-10-17)20(23)19(21(27)26-22-24-12-13-25-22)11-6-15-4-3-5-18(14-15)29-2/h3-5,7-10,14,19,23H,6,11-13H2,1-2H3,(H2,24,25,26,27). The van der Waals surface area contributed by atoms with Gasteiger partial charge in [-0.1, -0.05) is 12.1 Å². The maximum atomic E-state index is 13.0. The SMILES string of the molecule is COc1ccc(C(=N)C(CCc2cccc(OC)c2)C(=O)NC2=NCCN2)cc1. The van der Waals surface area contributed by atoms with Crippen molar-refractivity contribution < 1.29 is 14.3 Å². The first-order valence-electron chi connectivity index (χ1n) is 9.55. The highest BCUT2D eigenvalue weighted by atomic mass is 16.5. The highest BCUT2D eigenvalue weighted by Gasteiger charge is 2.26. The largest absolute Gasteiger partial charge is 0.497 e. The van der Waals surface area contributed by atoms with Gasteiger partial charge in [0.2, 0.25) is 5.91 Å². The summed E-state index contributed by atoms with van der Waals surface area (Å²) in [6.45, 7) is 1.35. The smallest absolute Gasteiger partial charge is 0.235 e. The van der Waals surface area contributed by atoms with Crippen LogP contribution in [0.15, 0.2) is 53.5 Å². The van der Waals surface area contributed by atoms with Crippen LogP contribution in [0.4, 0.5) is 0 Å². The maximum absolute atomic E-state index is 13.0. The molecule has 1 aliphatic heterocycles. The second kappa shape index (κ2) is 9.73. The molecule has 0 saturated carbocycles. The van der Waals surface area contributed by atoms with Gasteiger partial charge in [-0.15, -0.1) is 0 Å². The van der Waals surface area contributed by atoms with Gasteiger partial charge in [0, 0.05) is 6.54 Å². The Bertz CT molecular complexity index is 893. The second-order valence-corrected chi connectivity index (χ2v) is 6.73. The molecule has 2 aromatic rings. The Labute approximate surface area is 170 Å². The summed E-state index contributed by atoms with van der Waals surface area (Å²) in [7, 11) is 3.23. The van der Waals surface area contributed by atoms with Crippen molar-refractivity contribution in [1.29, 1.82) is 5.41 Å². The van der Waals surface area contributed by atoms with Crippen LogP contribution in [0.25, 0.3) is 0 Å². The summed E-state index contributed by atoms with van der Waals surface area (Å²) >= 11 is 0. The average Bonchev–Trinajstić information content (AvgIpc) is 3.27. The van der Waals surface area contributed by atoms with Crippen LogP contribution in [0.1, 0.15) is 17.5 Å². The van der Waals surface area contributed by atoms with Gasteiger partial charge in [0.1, 0.15) is 11.5 Å². The maximum Gasteiger partial charge on any atom is 0.235 e. The number of nitrogens with one attached hydrogen (secondary N) is 3. The van der Waals surface area contributed by atoms with Gasteiger partial charge in [0.15, 0.2) is 5.96 Å². The summed E-state index contributed by atoms with van der Waals surface area (Å²) in [5, 5.41) is 14.5. The molecular formula is C22H26N4O3. The minimum absolute atomic E-state index is 0.234. The molecule has 2 aromatic carbocycles. The number of ether oxygens (including phenoxy) is 2. The zero-order valence-corrected chi connectivity index (χ0v) is 16.7. The van der Waals surface area contributed by atoms with E-state index in [2.05, 4.69) is 15.6 Å². The molecule has 152 valence electrons. The van der Waals surface area contributed by atoms with E-state index in [0.717, 1.165) is 11.3 Å². The summed E-state index contributed by atoms with van der Waals surface area (Å²) in [6.07, 6.45) is 1.14. The van der Waals surface area contributed by atoms with Crippen molar-refractivity contribution in [1.82, 2.24) is 10.6 Å². The molecule has 3 N–H and O–H groups in total. The van der Waals surface area contributed by atoms with E-state index in [1.54, 1.807) is 38.5 Å². The molecule has 1 aliphatic rings. The Balaban J connectivity index is 1.77. The van der Waals surface area contributed by atoms with Crippen LogP contribution in [-0.4, -0.2) is 44.9 Å². The Morgan fingerprint density at radius 1 is 1.17 bits per heavy atom. The first kappa shape index (κ1) is 20.4. The fourth-order valence-electron chi connectivity index (χ4n) is 3.20. The van der Waals surface area contributed by atoms with Crippen molar-refractivity contribution >= 4 is 17.6 Å². The Kier molecular flexibility index (Phi) is 6.84. The number of rotatable bonds is 8. The van der Waals surface area contributed by atoms with E-state index < -0.39 is 5.92 Å². The monoisotopic (exact) mass is 394 g/mol. The fourth-order valence-corrected chi connectivity index (χ4v) is 3.20. The van der Waals surface area contributed by atoms with Gasteiger partial charge in [-0.05, 0) is 60.4 Å².